The molecule has 0 amide bonds. The minimum atomic E-state index is -2.07. The van der Waals surface area contributed by atoms with Crippen molar-refractivity contribution in [1.29, 1.82) is 5.26 Å². The molecule has 0 aromatic rings. The Labute approximate surface area is 51.6 Å². The summed E-state index contributed by atoms with van der Waals surface area (Å²) in [7, 11) is -2.07. The second kappa shape index (κ2) is 4.67. The standard InChI is InChI=1S/C4HBFNO2/c6-5(4-7)9-3-1-2-8/h2H. The molecule has 0 aromatic carbocycles. The number of carbonyl (C=O) groups excluding carboxylic acids is 1. The van der Waals surface area contributed by atoms with Gasteiger partial charge < -0.3 is 4.65 Å². The fourth-order valence-corrected chi connectivity index (χ4v) is 0.136. The van der Waals surface area contributed by atoms with E-state index in [0.29, 0.717) is 0 Å². The first-order chi connectivity index (χ1) is 4.31. The van der Waals surface area contributed by atoms with Crippen LogP contribution in [0.15, 0.2) is 0 Å². The molecule has 0 rings (SSSR count). The molecule has 0 bridgehead atoms. The molecular formula is C4HBFNO2. The molecule has 0 aliphatic heterocycles. The molecule has 44 valence electrons. The van der Waals surface area contributed by atoms with Gasteiger partial charge in [0.25, 0.3) is 0 Å². The zero-order chi connectivity index (χ0) is 7.11. The first-order valence-electron chi connectivity index (χ1n) is 1.94. The quantitative estimate of drug-likeness (QED) is 0.274. The van der Waals surface area contributed by atoms with Crippen LogP contribution in [0, 0.1) is 23.3 Å². The van der Waals surface area contributed by atoms with Crippen molar-refractivity contribution in [2.75, 3.05) is 0 Å². The van der Waals surface area contributed by atoms with E-state index in [0.717, 1.165) is 5.97 Å². The van der Waals surface area contributed by atoms with E-state index in [1.165, 1.54) is 0 Å². The van der Waals surface area contributed by atoms with Crippen LogP contribution >= 0.6 is 0 Å². The molecule has 0 saturated carbocycles. The molecule has 0 fully saturated rings. The Kier molecular flexibility index (Phi) is 3.90. The maximum absolute atomic E-state index is 11.7. The van der Waals surface area contributed by atoms with Gasteiger partial charge in [-0.05, 0) is 0 Å². The second-order valence-corrected chi connectivity index (χ2v) is 0.927. The largest absolute Gasteiger partial charge is 0.696 e. The van der Waals surface area contributed by atoms with E-state index in [2.05, 4.69) is 4.65 Å². The number of carbonyl (C=O) groups is 1. The Morgan fingerprint density at radius 2 is 2.44 bits per heavy atom. The predicted molar refractivity (Wildman–Crippen MR) is 27.4 cm³/mol. The summed E-state index contributed by atoms with van der Waals surface area (Å²) in [6, 6.07) is 0. The summed E-state index contributed by atoms with van der Waals surface area (Å²) in [5, 5.41) is 7.73. The van der Waals surface area contributed by atoms with Gasteiger partial charge in [0.1, 0.15) is 12.1 Å². The molecule has 5 heteroatoms. The summed E-state index contributed by atoms with van der Waals surface area (Å²) in [5.41, 5.74) is 0. The summed E-state index contributed by atoms with van der Waals surface area (Å²) in [5.74, 6) is 2.89. The van der Waals surface area contributed by atoms with Crippen LogP contribution in [0.5, 0.6) is 0 Å². The van der Waals surface area contributed by atoms with Crippen molar-refractivity contribution < 1.29 is 13.8 Å². The average Bonchev–Trinajstić information content (AvgIpc) is 1.89. The van der Waals surface area contributed by atoms with E-state index in [-0.39, 0.29) is 6.29 Å². The molecule has 0 spiro atoms. The zero-order valence-electron chi connectivity index (χ0n) is 4.30. The number of nitriles is 1. The van der Waals surface area contributed by atoms with Gasteiger partial charge in [-0.2, -0.15) is 0 Å². The molecule has 0 aromatic heterocycles. The molecule has 0 radical (unpaired) electrons. The fraction of sp³-hybridized carbons (Fsp3) is 0. The van der Waals surface area contributed by atoms with Crippen LogP contribution in [-0.2, 0) is 9.45 Å². The molecule has 0 N–H and O–H groups in total. The summed E-state index contributed by atoms with van der Waals surface area (Å²) < 4.78 is 15.5. The minimum absolute atomic E-state index is 0.240. The average molecular weight is 125 g/mol. The van der Waals surface area contributed by atoms with Crippen LogP contribution in [0.4, 0.5) is 4.32 Å². The third kappa shape index (κ3) is 4.37. The summed E-state index contributed by atoms with van der Waals surface area (Å²) in [6.07, 6.45) is 1.91. The van der Waals surface area contributed by atoms with Crippen LogP contribution in [0.3, 0.4) is 0 Å². The van der Waals surface area contributed by atoms with Crippen molar-refractivity contribution in [1.82, 2.24) is 0 Å². The Balaban J connectivity index is 3.52. The maximum Gasteiger partial charge on any atom is 0.696 e. The highest BCUT2D eigenvalue weighted by Crippen LogP contribution is 1.80. The van der Waals surface area contributed by atoms with Gasteiger partial charge in [-0.3, -0.25) is 9.11 Å². The molecule has 9 heavy (non-hydrogen) atoms. The first-order valence-corrected chi connectivity index (χ1v) is 1.94. The number of rotatable bonds is 1. The van der Waals surface area contributed by atoms with Crippen LogP contribution < -0.4 is 0 Å². The van der Waals surface area contributed by atoms with Crippen molar-refractivity contribution >= 4 is 13.5 Å². The first kappa shape index (κ1) is 7.51. The van der Waals surface area contributed by atoms with E-state index in [1.807, 2.05) is 0 Å². The van der Waals surface area contributed by atoms with Crippen molar-refractivity contribution in [3.05, 3.63) is 0 Å². The fourth-order valence-electron chi connectivity index (χ4n) is 0.136. The Morgan fingerprint density at radius 1 is 1.78 bits per heavy atom. The highest BCUT2D eigenvalue weighted by Gasteiger charge is 2.13. The van der Waals surface area contributed by atoms with Gasteiger partial charge in [0.15, 0.2) is 6.29 Å². The topological polar surface area (TPSA) is 50.1 Å². The van der Waals surface area contributed by atoms with Gasteiger partial charge >= 0.3 is 7.19 Å². The lowest BCUT2D eigenvalue weighted by Crippen LogP contribution is -2.03. The van der Waals surface area contributed by atoms with Gasteiger partial charge in [-0.15, -0.1) is 0 Å². The van der Waals surface area contributed by atoms with Gasteiger partial charge in [0, 0.05) is 5.92 Å². The van der Waals surface area contributed by atoms with Crippen LogP contribution in [0.2, 0.25) is 0 Å². The smallest absolute Gasteiger partial charge is 0.472 e. The third-order valence-electron chi connectivity index (χ3n) is 0.382. The van der Waals surface area contributed by atoms with Crippen LogP contribution in [0.25, 0.3) is 0 Å². The van der Waals surface area contributed by atoms with Crippen molar-refractivity contribution in [3.63, 3.8) is 0 Å². The molecule has 0 heterocycles. The van der Waals surface area contributed by atoms with Crippen molar-refractivity contribution in [2.45, 2.75) is 0 Å². The van der Waals surface area contributed by atoms with Gasteiger partial charge in [0.2, 0.25) is 0 Å². The summed E-state index contributed by atoms with van der Waals surface area (Å²) >= 11 is 0. The molecule has 0 atom stereocenters. The SMILES string of the molecule is N#CB(F)OC#CC=O. The lowest BCUT2D eigenvalue weighted by atomic mass is 10.00. The lowest BCUT2D eigenvalue weighted by Gasteiger charge is -1.83. The second-order valence-electron chi connectivity index (χ2n) is 0.927. The lowest BCUT2D eigenvalue weighted by molar-refractivity contribution is -0.103. The number of halogens is 1. The molecule has 0 aliphatic rings. The predicted octanol–water partition coefficient (Wildman–Crippen LogP) is -0.317. The molecular weight excluding hydrogens is 124 g/mol. The molecule has 0 aliphatic carbocycles. The molecule has 0 saturated heterocycles. The maximum atomic E-state index is 11.7. The monoisotopic (exact) mass is 125 g/mol. The van der Waals surface area contributed by atoms with E-state index >= 15 is 0 Å². The normalized spacial score (nSPS) is 5.78. The van der Waals surface area contributed by atoms with E-state index in [4.69, 9.17) is 5.26 Å². The molecule has 3 nitrogen and oxygen atoms in total. The van der Waals surface area contributed by atoms with Crippen molar-refractivity contribution in [3.8, 4) is 18.0 Å². The molecule has 0 unspecified atom stereocenters. The number of aldehydes is 1. The van der Waals surface area contributed by atoms with E-state index in [9.17, 15) is 9.11 Å². The van der Waals surface area contributed by atoms with Crippen LogP contribution in [0.1, 0.15) is 0 Å². The van der Waals surface area contributed by atoms with Gasteiger partial charge in [-0.25, -0.2) is 5.26 Å². The Hall–Kier alpha value is -1.49. The number of hydrogen-bond acceptors (Lipinski definition) is 3. The number of nitrogens with zero attached hydrogens (tertiary/aromatic N) is 1. The van der Waals surface area contributed by atoms with Crippen LogP contribution in [-0.4, -0.2) is 13.5 Å². The minimum Gasteiger partial charge on any atom is -0.472 e. The number of hydrogen-bond donors (Lipinski definition) is 0. The summed E-state index contributed by atoms with van der Waals surface area (Å²) in [6.45, 7) is 0. The highest BCUT2D eigenvalue weighted by molar-refractivity contribution is 6.53. The third-order valence-corrected chi connectivity index (χ3v) is 0.382. The Bertz CT molecular complexity index is 189. The Morgan fingerprint density at radius 3 is 2.89 bits per heavy atom. The highest BCUT2D eigenvalue weighted by atomic mass is 19.1. The summed E-state index contributed by atoms with van der Waals surface area (Å²) in [4.78, 5) is 9.42. The van der Waals surface area contributed by atoms with Gasteiger partial charge in [-0.1, -0.05) is 0 Å². The van der Waals surface area contributed by atoms with E-state index < -0.39 is 7.19 Å². The van der Waals surface area contributed by atoms with Crippen molar-refractivity contribution in [2.24, 2.45) is 0 Å². The van der Waals surface area contributed by atoms with Gasteiger partial charge in [0.05, 0.1) is 0 Å². The van der Waals surface area contributed by atoms with E-state index in [1.54, 1.807) is 12.0 Å². The zero-order valence-corrected chi connectivity index (χ0v) is 4.30.